The van der Waals surface area contributed by atoms with Crippen LogP contribution in [0.5, 0.6) is 0 Å². The Morgan fingerprint density at radius 3 is 2.78 bits per heavy atom. The van der Waals surface area contributed by atoms with Gasteiger partial charge in [-0.15, -0.1) is 0 Å². The quantitative estimate of drug-likeness (QED) is 0.683. The third-order valence-corrected chi connectivity index (χ3v) is 3.16. The summed E-state index contributed by atoms with van der Waals surface area (Å²) >= 11 is 0. The Morgan fingerprint density at radius 1 is 1.33 bits per heavy atom. The molecule has 0 fully saturated rings. The van der Waals surface area contributed by atoms with Crippen molar-refractivity contribution >= 4 is 0 Å². The zero-order valence-corrected chi connectivity index (χ0v) is 12.4. The molecule has 1 unspecified atom stereocenters. The fourth-order valence-corrected chi connectivity index (χ4v) is 2.13. The first kappa shape index (κ1) is 15.2. The average molecular weight is 251 g/mol. The second kappa shape index (κ2) is 8.30. The highest BCUT2D eigenvalue weighted by molar-refractivity contribution is 4.93. The molecule has 1 heterocycles. The summed E-state index contributed by atoms with van der Waals surface area (Å²) < 4.78 is 2.29. The van der Waals surface area contributed by atoms with Crippen LogP contribution in [0.1, 0.15) is 46.4 Å². The van der Waals surface area contributed by atoms with Gasteiger partial charge in [0.1, 0.15) is 5.82 Å². The predicted molar refractivity (Wildman–Crippen MR) is 77.7 cm³/mol. The predicted octanol–water partition coefficient (Wildman–Crippen LogP) is 3.11. The number of nitrogens with one attached hydrogen (secondary N) is 1. The molecule has 1 atom stereocenters. The normalized spacial score (nSPS) is 13.2. The van der Waals surface area contributed by atoms with Crippen molar-refractivity contribution in [2.45, 2.75) is 53.5 Å². The Hall–Kier alpha value is -0.830. The van der Waals surface area contributed by atoms with Crippen LogP contribution >= 0.6 is 0 Å². The van der Waals surface area contributed by atoms with Crippen LogP contribution in [0.25, 0.3) is 0 Å². The monoisotopic (exact) mass is 251 g/mol. The zero-order chi connectivity index (χ0) is 13.4. The van der Waals surface area contributed by atoms with Gasteiger partial charge in [-0.3, -0.25) is 0 Å². The van der Waals surface area contributed by atoms with Gasteiger partial charge < -0.3 is 9.88 Å². The Bertz CT molecular complexity index is 317. The number of hydrogen-bond acceptors (Lipinski definition) is 2. The Balaban J connectivity index is 2.26. The van der Waals surface area contributed by atoms with Gasteiger partial charge in [0, 0.05) is 25.4 Å². The van der Waals surface area contributed by atoms with Crippen LogP contribution in [-0.2, 0) is 13.0 Å². The van der Waals surface area contributed by atoms with Gasteiger partial charge >= 0.3 is 0 Å². The van der Waals surface area contributed by atoms with Crippen LogP contribution in [0.2, 0.25) is 0 Å². The maximum Gasteiger partial charge on any atom is 0.108 e. The fourth-order valence-electron chi connectivity index (χ4n) is 2.13. The van der Waals surface area contributed by atoms with Crippen molar-refractivity contribution in [2.24, 2.45) is 11.8 Å². The summed E-state index contributed by atoms with van der Waals surface area (Å²) in [5, 5.41) is 3.51. The van der Waals surface area contributed by atoms with Gasteiger partial charge in [-0.25, -0.2) is 4.98 Å². The smallest absolute Gasteiger partial charge is 0.108 e. The van der Waals surface area contributed by atoms with Crippen molar-refractivity contribution in [3.63, 3.8) is 0 Å². The molecule has 1 N–H and O–H groups in total. The van der Waals surface area contributed by atoms with E-state index in [0.29, 0.717) is 5.92 Å². The minimum Gasteiger partial charge on any atom is -0.335 e. The molecule has 0 spiro atoms. The summed E-state index contributed by atoms with van der Waals surface area (Å²) in [6, 6.07) is 0. The highest BCUT2D eigenvalue weighted by atomic mass is 15.1. The maximum atomic E-state index is 4.47. The van der Waals surface area contributed by atoms with Crippen LogP contribution < -0.4 is 5.32 Å². The first-order valence-electron chi connectivity index (χ1n) is 7.34. The van der Waals surface area contributed by atoms with Crippen LogP contribution in [0, 0.1) is 11.8 Å². The molecule has 3 heteroatoms. The SMILES string of the molecule is CCCn1ccnc1CC(C)CCNCC(C)C. The van der Waals surface area contributed by atoms with E-state index in [1.807, 2.05) is 6.20 Å². The zero-order valence-electron chi connectivity index (χ0n) is 12.4. The van der Waals surface area contributed by atoms with Crippen molar-refractivity contribution in [3.05, 3.63) is 18.2 Å². The molecule has 0 radical (unpaired) electrons. The van der Waals surface area contributed by atoms with E-state index in [1.54, 1.807) is 0 Å². The second-order valence-corrected chi connectivity index (χ2v) is 5.73. The molecule has 0 aliphatic rings. The summed E-state index contributed by atoms with van der Waals surface area (Å²) in [6.07, 6.45) is 7.52. The van der Waals surface area contributed by atoms with E-state index in [0.717, 1.165) is 32.0 Å². The van der Waals surface area contributed by atoms with Crippen molar-refractivity contribution in [2.75, 3.05) is 13.1 Å². The van der Waals surface area contributed by atoms with Gasteiger partial charge in [-0.1, -0.05) is 27.7 Å². The minimum atomic E-state index is 0.697. The van der Waals surface area contributed by atoms with Crippen LogP contribution in [0.4, 0.5) is 0 Å². The number of aryl methyl sites for hydroxylation is 1. The van der Waals surface area contributed by atoms with Gasteiger partial charge in [0.2, 0.25) is 0 Å². The summed E-state index contributed by atoms with van der Waals surface area (Å²) in [5.41, 5.74) is 0. The molecule has 0 aromatic carbocycles. The molecule has 0 saturated carbocycles. The standard InChI is InChI=1S/C15H29N3/c1-5-9-18-10-8-17-15(18)11-14(4)6-7-16-12-13(2)3/h8,10,13-14,16H,5-7,9,11-12H2,1-4H3. The van der Waals surface area contributed by atoms with Gasteiger partial charge in [0.05, 0.1) is 0 Å². The van der Waals surface area contributed by atoms with E-state index >= 15 is 0 Å². The molecule has 18 heavy (non-hydrogen) atoms. The van der Waals surface area contributed by atoms with E-state index in [9.17, 15) is 0 Å². The Labute approximate surface area is 112 Å². The molecule has 0 saturated heterocycles. The van der Waals surface area contributed by atoms with E-state index in [-0.39, 0.29) is 0 Å². The number of nitrogens with zero attached hydrogens (tertiary/aromatic N) is 2. The lowest BCUT2D eigenvalue weighted by Crippen LogP contribution is -2.22. The lowest BCUT2D eigenvalue weighted by atomic mass is 10.0. The van der Waals surface area contributed by atoms with Gasteiger partial charge in [-0.2, -0.15) is 0 Å². The average Bonchev–Trinajstić information content (AvgIpc) is 2.72. The van der Waals surface area contributed by atoms with Crippen LogP contribution in [-0.4, -0.2) is 22.6 Å². The summed E-state index contributed by atoms with van der Waals surface area (Å²) in [4.78, 5) is 4.47. The molecule has 3 nitrogen and oxygen atoms in total. The lowest BCUT2D eigenvalue weighted by molar-refractivity contribution is 0.459. The van der Waals surface area contributed by atoms with Crippen LogP contribution in [0.15, 0.2) is 12.4 Å². The maximum absolute atomic E-state index is 4.47. The summed E-state index contributed by atoms with van der Waals surface area (Å²) in [6.45, 7) is 12.4. The van der Waals surface area contributed by atoms with E-state index in [1.165, 1.54) is 18.7 Å². The second-order valence-electron chi connectivity index (χ2n) is 5.73. The molecule has 0 aliphatic carbocycles. The van der Waals surface area contributed by atoms with Crippen molar-refractivity contribution in [3.8, 4) is 0 Å². The first-order valence-corrected chi connectivity index (χ1v) is 7.34. The Morgan fingerprint density at radius 2 is 2.11 bits per heavy atom. The number of rotatable bonds is 9. The third-order valence-electron chi connectivity index (χ3n) is 3.16. The molecule has 0 aliphatic heterocycles. The largest absolute Gasteiger partial charge is 0.335 e. The molecule has 1 aromatic rings. The molecule has 0 bridgehead atoms. The van der Waals surface area contributed by atoms with E-state index in [2.05, 4.69) is 48.8 Å². The minimum absolute atomic E-state index is 0.697. The topological polar surface area (TPSA) is 29.9 Å². The summed E-state index contributed by atoms with van der Waals surface area (Å²) in [7, 11) is 0. The molecule has 1 aromatic heterocycles. The molecular formula is C15H29N3. The number of hydrogen-bond donors (Lipinski definition) is 1. The molecule has 1 rings (SSSR count). The highest BCUT2D eigenvalue weighted by Gasteiger charge is 2.08. The van der Waals surface area contributed by atoms with E-state index in [4.69, 9.17) is 0 Å². The van der Waals surface area contributed by atoms with Crippen molar-refractivity contribution in [1.82, 2.24) is 14.9 Å². The first-order chi connectivity index (χ1) is 8.63. The van der Waals surface area contributed by atoms with Crippen LogP contribution in [0.3, 0.4) is 0 Å². The van der Waals surface area contributed by atoms with Crippen molar-refractivity contribution < 1.29 is 0 Å². The van der Waals surface area contributed by atoms with Gasteiger partial charge in [-0.05, 0) is 37.8 Å². The molecule has 104 valence electrons. The summed E-state index contributed by atoms with van der Waals surface area (Å²) in [5.74, 6) is 2.68. The third kappa shape index (κ3) is 5.67. The fraction of sp³-hybridized carbons (Fsp3) is 0.800. The van der Waals surface area contributed by atoms with Gasteiger partial charge in [0.15, 0.2) is 0 Å². The van der Waals surface area contributed by atoms with Crippen molar-refractivity contribution in [1.29, 1.82) is 0 Å². The lowest BCUT2D eigenvalue weighted by Gasteiger charge is -2.14. The highest BCUT2D eigenvalue weighted by Crippen LogP contribution is 2.10. The number of imidazole rings is 1. The Kier molecular flexibility index (Phi) is 7.02. The molecule has 0 amide bonds. The van der Waals surface area contributed by atoms with E-state index < -0.39 is 0 Å². The molecular weight excluding hydrogens is 222 g/mol. The van der Waals surface area contributed by atoms with Gasteiger partial charge in [0.25, 0.3) is 0 Å². The number of aromatic nitrogens is 2.